The molecule has 0 bridgehead atoms. The minimum atomic E-state index is 0.281. The Kier molecular flexibility index (Phi) is 8.03. The molecule has 2 heterocycles. The number of benzene rings is 2. The number of rotatable bonds is 9. The number of morpholine rings is 1. The van der Waals surface area contributed by atoms with Crippen LogP contribution in [-0.4, -0.2) is 68.2 Å². The zero-order chi connectivity index (χ0) is 22.2. The molecule has 7 nitrogen and oxygen atoms in total. The monoisotopic (exact) mass is 457 g/mol. The van der Waals surface area contributed by atoms with Gasteiger partial charge in [0.1, 0.15) is 5.75 Å². The van der Waals surface area contributed by atoms with Crippen LogP contribution in [-0.2, 0) is 17.8 Å². The van der Waals surface area contributed by atoms with E-state index in [1.165, 1.54) is 5.56 Å². The lowest BCUT2D eigenvalue weighted by molar-refractivity contribution is 0.0367. The lowest BCUT2D eigenvalue weighted by Gasteiger charge is -2.29. The van der Waals surface area contributed by atoms with Gasteiger partial charge in [0.2, 0.25) is 6.79 Å². The van der Waals surface area contributed by atoms with Gasteiger partial charge in [-0.25, -0.2) is 0 Å². The first kappa shape index (κ1) is 22.6. The molecule has 0 radical (unpaired) electrons. The summed E-state index contributed by atoms with van der Waals surface area (Å²) in [6, 6.07) is 14.1. The van der Waals surface area contributed by atoms with Gasteiger partial charge >= 0.3 is 0 Å². The average Bonchev–Trinajstić information content (AvgIpc) is 3.31. The molecule has 0 unspecified atom stereocenters. The van der Waals surface area contributed by atoms with Crippen molar-refractivity contribution in [2.45, 2.75) is 19.5 Å². The fourth-order valence-electron chi connectivity index (χ4n) is 3.85. The predicted molar refractivity (Wildman–Crippen MR) is 127 cm³/mol. The summed E-state index contributed by atoms with van der Waals surface area (Å²) in [5.74, 6) is 2.44. The van der Waals surface area contributed by atoms with Gasteiger partial charge in [0.25, 0.3) is 0 Å². The van der Waals surface area contributed by atoms with E-state index in [-0.39, 0.29) is 6.79 Å². The predicted octanol–water partition coefficient (Wildman–Crippen LogP) is 3.02. The summed E-state index contributed by atoms with van der Waals surface area (Å²) in [5.41, 5.74) is 2.30. The van der Waals surface area contributed by atoms with Crippen molar-refractivity contribution in [1.29, 1.82) is 0 Å². The summed E-state index contributed by atoms with van der Waals surface area (Å²) < 4.78 is 21.6. The molecule has 0 saturated carbocycles. The molecule has 2 aromatic rings. The zero-order valence-electron chi connectivity index (χ0n) is 18.5. The van der Waals surface area contributed by atoms with Crippen molar-refractivity contribution >= 4 is 17.3 Å². The molecule has 0 aromatic heterocycles. The van der Waals surface area contributed by atoms with Crippen molar-refractivity contribution in [2.24, 2.45) is 0 Å². The van der Waals surface area contributed by atoms with E-state index < -0.39 is 0 Å². The molecular weight excluding hydrogens is 426 g/mol. The van der Waals surface area contributed by atoms with Gasteiger partial charge in [-0.1, -0.05) is 18.2 Å². The second kappa shape index (κ2) is 11.4. The SMILES string of the molecule is COc1ccc(CN(CCCN2CCOCC2)C(=S)NCc2ccc3c(c2)OCO3)cc1. The molecule has 2 aromatic carbocycles. The summed E-state index contributed by atoms with van der Waals surface area (Å²) in [4.78, 5) is 4.70. The smallest absolute Gasteiger partial charge is 0.231 e. The molecule has 0 aliphatic carbocycles. The molecule has 4 rings (SSSR count). The van der Waals surface area contributed by atoms with Crippen LogP contribution in [0.15, 0.2) is 42.5 Å². The molecule has 0 spiro atoms. The van der Waals surface area contributed by atoms with Crippen molar-refractivity contribution < 1.29 is 18.9 Å². The first-order valence-electron chi connectivity index (χ1n) is 11.1. The van der Waals surface area contributed by atoms with E-state index >= 15 is 0 Å². The third-order valence-corrected chi connectivity index (χ3v) is 6.11. The van der Waals surface area contributed by atoms with Crippen molar-refractivity contribution in [3.8, 4) is 17.2 Å². The van der Waals surface area contributed by atoms with E-state index in [9.17, 15) is 0 Å². The van der Waals surface area contributed by atoms with Gasteiger partial charge in [0, 0.05) is 39.3 Å². The molecule has 1 fully saturated rings. The fraction of sp³-hybridized carbons (Fsp3) is 0.458. The lowest BCUT2D eigenvalue weighted by atomic mass is 10.2. The van der Waals surface area contributed by atoms with E-state index in [1.54, 1.807) is 7.11 Å². The molecule has 2 aliphatic heterocycles. The molecule has 2 aliphatic rings. The van der Waals surface area contributed by atoms with Crippen molar-refractivity contribution in [2.75, 3.05) is 53.3 Å². The van der Waals surface area contributed by atoms with Gasteiger partial charge < -0.3 is 29.2 Å². The largest absolute Gasteiger partial charge is 0.497 e. The average molecular weight is 458 g/mol. The maximum absolute atomic E-state index is 5.79. The third kappa shape index (κ3) is 6.25. The van der Waals surface area contributed by atoms with Crippen LogP contribution >= 0.6 is 12.2 Å². The van der Waals surface area contributed by atoms with Gasteiger partial charge in [0.15, 0.2) is 16.6 Å². The highest BCUT2D eigenvalue weighted by molar-refractivity contribution is 7.80. The maximum Gasteiger partial charge on any atom is 0.231 e. The van der Waals surface area contributed by atoms with Crippen LogP contribution < -0.4 is 19.5 Å². The van der Waals surface area contributed by atoms with Crippen LogP contribution in [0, 0.1) is 0 Å². The summed E-state index contributed by atoms with van der Waals surface area (Å²) in [5, 5.41) is 4.17. The molecule has 0 atom stereocenters. The Morgan fingerprint density at radius 2 is 1.81 bits per heavy atom. The van der Waals surface area contributed by atoms with Crippen molar-refractivity contribution in [3.05, 3.63) is 53.6 Å². The highest BCUT2D eigenvalue weighted by Crippen LogP contribution is 2.32. The molecule has 0 amide bonds. The normalized spacial score (nSPS) is 15.4. The molecule has 32 heavy (non-hydrogen) atoms. The Morgan fingerprint density at radius 1 is 1.06 bits per heavy atom. The topological polar surface area (TPSA) is 55.4 Å². The Labute approximate surface area is 195 Å². The molecule has 1 saturated heterocycles. The van der Waals surface area contributed by atoms with Crippen molar-refractivity contribution in [1.82, 2.24) is 15.1 Å². The minimum absolute atomic E-state index is 0.281. The highest BCUT2D eigenvalue weighted by atomic mass is 32.1. The number of thiocarbonyl (C=S) groups is 1. The van der Waals surface area contributed by atoms with Crippen LogP contribution in [0.2, 0.25) is 0 Å². The Morgan fingerprint density at radius 3 is 2.59 bits per heavy atom. The molecule has 8 heteroatoms. The quantitative estimate of drug-likeness (QED) is 0.577. The Hall–Kier alpha value is -2.55. The zero-order valence-corrected chi connectivity index (χ0v) is 19.4. The van der Waals surface area contributed by atoms with Gasteiger partial charge in [-0.05, 0) is 54.0 Å². The van der Waals surface area contributed by atoms with Crippen molar-refractivity contribution in [3.63, 3.8) is 0 Å². The standard InChI is InChI=1S/C24H31N3O4S/c1-28-21-6-3-19(4-7-21)17-27(10-2-9-26-11-13-29-14-12-26)24(32)25-16-20-5-8-22-23(15-20)31-18-30-22/h3-8,15H,2,9-14,16-18H2,1H3,(H,25,32). The fourth-order valence-corrected chi connectivity index (χ4v) is 4.08. The molecular formula is C24H31N3O4S. The minimum Gasteiger partial charge on any atom is -0.497 e. The summed E-state index contributed by atoms with van der Waals surface area (Å²) in [7, 11) is 1.68. The number of nitrogens with one attached hydrogen (secondary N) is 1. The van der Waals surface area contributed by atoms with Crippen LogP contribution in [0.25, 0.3) is 0 Å². The van der Waals surface area contributed by atoms with Crippen LogP contribution in [0.5, 0.6) is 17.2 Å². The second-order valence-electron chi connectivity index (χ2n) is 7.92. The summed E-state index contributed by atoms with van der Waals surface area (Å²) in [6.45, 7) is 7.26. The third-order valence-electron chi connectivity index (χ3n) is 5.71. The second-order valence-corrected chi connectivity index (χ2v) is 8.31. The van der Waals surface area contributed by atoms with Crippen LogP contribution in [0.1, 0.15) is 17.5 Å². The van der Waals surface area contributed by atoms with Gasteiger partial charge in [0.05, 0.1) is 20.3 Å². The summed E-state index contributed by atoms with van der Waals surface area (Å²) >= 11 is 5.79. The first-order chi connectivity index (χ1) is 15.7. The number of methoxy groups -OCH3 is 1. The van der Waals surface area contributed by atoms with E-state index in [4.69, 9.17) is 31.2 Å². The van der Waals surface area contributed by atoms with E-state index in [1.807, 2.05) is 30.3 Å². The number of fused-ring (bicyclic) bond motifs is 1. The van der Waals surface area contributed by atoms with Crippen LogP contribution in [0.3, 0.4) is 0 Å². The van der Waals surface area contributed by atoms with E-state index in [0.29, 0.717) is 6.54 Å². The number of hydrogen-bond donors (Lipinski definition) is 1. The molecule has 172 valence electrons. The molecule has 1 N–H and O–H groups in total. The van der Waals surface area contributed by atoms with Gasteiger partial charge in [-0.2, -0.15) is 0 Å². The van der Waals surface area contributed by atoms with E-state index in [0.717, 1.165) is 80.3 Å². The Balaban J connectivity index is 1.35. The van der Waals surface area contributed by atoms with Gasteiger partial charge in [-0.15, -0.1) is 0 Å². The van der Waals surface area contributed by atoms with E-state index in [2.05, 4.69) is 27.2 Å². The Bertz CT molecular complexity index is 887. The van der Waals surface area contributed by atoms with Crippen LogP contribution in [0.4, 0.5) is 0 Å². The number of ether oxygens (including phenoxy) is 4. The number of nitrogens with zero attached hydrogens (tertiary/aromatic N) is 2. The van der Waals surface area contributed by atoms with Gasteiger partial charge in [-0.3, -0.25) is 4.90 Å². The summed E-state index contributed by atoms with van der Waals surface area (Å²) in [6.07, 6.45) is 1.04. The lowest BCUT2D eigenvalue weighted by Crippen LogP contribution is -2.42. The number of hydrogen-bond acceptors (Lipinski definition) is 6. The first-order valence-corrected chi connectivity index (χ1v) is 11.5. The maximum atomic E-state index is 5.79. The highest BCUT2D eigenvalue weighted by Gasteiger charge is 2.16.